The number of alkyl halides is 1. The number of amides is 1. The molecule has 0 radical (unpaired) electrons. The summed E-state index contributed by atoms with van der Waals surface area (Å²) in [5.41, 5.74) is 0. The van der Waals surface area contributed by atoms with E-state index in [4.69, 9.17) is 0 Å². The molecule has 1 amide bonds. The third-order valence-electron chi connectivity index (χ3n) is 3.92. The van der Waals surface area contributed by atoms with Gasteiger partial charge in [-0.25, -0.2) is 0 Å². The fraction of sp³-hybridized carbons (Fsp3) is 0.929. The lowest BCUT2D eigenvalue weighted by Crippen LogP contribution is -2.31. The molecule has 1 aliphatic rings. The van der Waals surface area contributed by atoms with Crippen LogP contribution in [0.3, 0.4) is 0 Å². The normalized spacial score (nSPS) is 24.6. The van der Waals surface area contributed by atoms with Gasteiger partial charge in [0.2, 0.25) is 5.91 Å². The summed E-state index contributed by atoms with van der Waals surface area (Å²) in [7, 11) is 0. The van der Waals surface area contributed by atoms with E-state index in [2.05, 4.69) is 28.2 Å². The summed E-state index contributed by atoms with van der Waals surface area (Å²) in [6, 6.07) is 0. The third-order valence-corrected chi connectivity index (χ3v) is 4.48. The molecule has 100 valence electrons. The maximum atomic E-state index is 11.6. The Morgan fingerprint density at radius 1 is 1.18 bits per heavy atom. The van der Waals surface area contributed by atoms with Gasteiger partial charge in [-0.15, -0.1) is 0 Å². The van der Waals surface area contributed by atoms with E-state index in [0.29, 0.717) is 6.42 Å². The Morgan fingerprint density at radius 3 is 2.41 bits per heavy atom. The lowest BCUT2D eigenvalue weighted by molar-refractivity contribution is -0.121. The third kappa shape index (κ3) is 6.44. The molecule has 0 unspecified atom stereocenters. The Labute approximate surface area is 114 Å². The van der Waals surface area contributed by atoms with Crippen LogP contribution in [0.1, 0.15) is 58.3 Å². The van der Waals surface area contributed by atoms with Gasteiger partial charge in [-0.2, -0.15) is 0 Å². The molecule has 1 saturated carbocycles. The monoisotopic (exact) mass is 303 g/mol. The Morgan fingerprint density at radius 2 is 1.82 bits per heavy atom. The Kier molecular flexibility index (Phi) is 7.91. The van der Waals surface area contributed by atoms with Crippen LogP contribution in [0.15, 0.2) is 0 Å². The zero-order chi connectivity index (χ0) is 12.5. The number of carbonyl (C=O) groups excluding carboxylic acids is 1. The van der Waals surface area contributed by atoms with Gasteiger partial charge in [0.1, 0.15) is 0 Å². The smallest absolute Gasteiger partial charge is 0.220 e. The van der Waals surface area contributed by atoms with Gasteiger partial charge in [-0.3, -0.25) is 4.79 Å². The highest BCUT2D eigenvalue weighted by atomic mass is 79.9. The Balaban J connectivity index is 2.04. The molecule has 2 nitrogen and oxygen atoms in total. The molecule has 0 saturated heterocycles. The van der Waals surface area contributed by atoms with Crippen molar-refractivity contribution >= 4 is 21.8 Å². The minimum atomic E-state index is 0.239. The van der Waals surface area contributed by atoms with E-state index in [-0.39, 0.29) is 5.91 Å². The predicted octanol–water partition coefficient (Wildman–Crippen LogP) is 3.88. The standard InChI is InChI=1S/C14H26BrNO/c1-2-12-6-8-13(9-7-12)11-16-14(17)5-3-4-10-15/h12-13H,2-11H2,1H3,(H,16,17). The molecule has 0 aliphatic heterocycles. The molecule has 1 rings (SSSR count). The highest BCUT2D eigenvalue weighted by Crippen LogP contribution is 2.30. The number of rotatable bonds is 7. The van der Waals surface area contributed by atoms with E-state index in [0.717, 1.165) is 36.6 Å². The summed E-state index contributed by atoms with van der Waals surface area (Å²) < 4.78 is 0. The first-order valence-corrected chi connectivity index (χ1v) is 8.21. The van der Waals surface area contributed by atoms with Crippen molar-refractivity contribution in [3.05, 3.63) is 0 Å². The molecule has 1 aliphatic carbocycles. The number of nitrogens with one attached hydrogen (secondary N) is 1. The number of carbonyl (C=O) groups is 1. The average molecular weight is 304 g/mol. The number of unbranched alkanes of at least 4 members (excludes halogenated alkanes) is 1. The molecule has 0 aromatic rings. The number of halogens is 1. The molecule has 3 heteroatoms. The molecule has 0 atom stereocenters. The van der Waals surface area contributed by atoms with Gasteiger partial charge in [0.25, 0.3) is 0 Å². The van der Waals surface area contributed by atoms with Gasteiger partial charge < -0.3 is 5.32 Å². The Bertz CT molecular complexity index is 212. The summed E-state index contributed by atoms with van der Waals surface area (Å²) in [5.74, 6) is 1.92. The van der Waals surface area contributed by atoms with Crippen molar-refractivity contribution in [3.8, 4) is 0 Å². The van der Waals surface area contributed by atoms with Gasteiger partial charge in [0.05, 0.1) is 0 Å². The van der Waals surface area contributed by atoms with Crippen LogP contribution in [0, 0.1) is 11.8 Å². The topological polar surface area (TPSA) is 29.1 Å². The molecule has 0 heterocycles. The second-order valence-electron chi connectivity index (χ2n) is 5.25. The molecule has 17 heavy (non-hydrogen) atoms. The van der Waals surface area contributed by atoms with Crippen LogP contribution in [-0.4, -0.2) is 17.8 Å². The van der Waals surface area contributed by atoms with Gasteiger partial charge in [0.15, 0.2) is 0 Å². The minimum absolute atomic E-state index is 0.239. The molecule has 0 spiro atoms. The van der Waals surface area contributed by atoms with Gasteiger partial charge in [-0.1, -0.05) is 42.1 Å². The minimum Gasteiger partial charge on any atom is -0.356 e. The fourth-order valence-corrected chi connectivity index (χ4v) is 2.97. The van der Waals surface area contributed by atoms with Crippen molar-refractivity contribution in [2.75, 3.05) is 11.9 Å². The lowest BCUT2D eigenvalue weighted by Gasteiger charge is -2.27. The summed E-state index contributed by atoms with van der Waals surface area (Å²) in [6.07, 6.45) is 9.44. The first-order chi connectivity index (χ1) is 8.26. The second kappa shape index (κ2) is 8.96. The maximum Gasteiger partial charge on any atom is 0.220 e. The highest BCUT2D eigenvalue weighted by Gasteiger charge is 2.20. The molecule has 1 N–H and O–H groups in total. The SMILES string of the molecule is CCC1CCC(CNC(=O)CCCCBr)CC1. The van der Waals surface area contributed by atoms with Crippen molar-refractivity contribution in [1.29, 1.82) is 0 Å². The van der Waals surface area contributed by atoms with Crippen LogP contribution in [0.5, 0.6) is 0 Å². The van der Waals surface area contributed by atoms with Crippen LogP contribution < -0.4 is 5.32 Å². The quantitative estimate of drug-likeness (QED) is 0.561. The van der Waals surface area contributed by atoms with Crippen molar-refractivity contribution in [2.24, 2.45) is 11.8 Å². The van der Waals surface area contributed by atoms with E-state index in [1.807, 2.05) is 0 Å². The van der Waals surface area contributed by atoms with E-state index in [1.54, 1.807) is 0 Å². The zero-order valence-corrected chi connectivity index (χ0v) is 12.6. The number of hydrogen-bond donors (Lipinski definition) is 1. The van der Waals surface area contributed by atoms with E-state index < -0.39 is 0 Å². The van der Waals surface area contributed by atoms with Gasteiger partial charge >= 0.3 is 0 Å². The van der Waals surface area contributed by atoms with Crippen LogP contribution >= 0.6 is 15.9 Å². The molecular formula is C14H26BrNO. The van der Waals surface area contributed by atoms with Crippen molar-refractivity contribution in [1.82, 2.24) is 5.32 Å². The highest BCUT2D eigenvalue weighted by molar-refractivity contribution is 9.09. The lowest BCUT2D eigenvalue weighted by atomic mass is 9.81. The van der Waals surface area contributed by atoms with E-state index in [9.17, 15) is 4.79 Å². The second-order valence-corrected chi connectivity index (χ2v) is 6.04. The maximum absolute atomic E-state index is 11.6. The van der Waals surface area contributed by atoms with Gasteiger partial charge in [-0.05, 0) is 37.5 Å². The molecule has 0 bridgehead atoms. The van der Waals surface area contributed by atoms with E-state index in [1.165, 1.54) is 32.1 Å². The van der Waals surface area contributed by atoms with Crippen LogP contribution in [0.2, 0.25) is 0 Å². The Hall–Kier alpha value is -0.0500. The first-order valence-electron chi connectivity index (χ1n) is 7.09. The molecule has 0 aromatic carbocycles. The average Bonchev–Trinajstić information content (AvgIpc) is 2.37. The summed E-state index contributed by atoms with van der Waals surface area (Å²) >= 11 is 3.38. The first kappa shape index (κ1) is 15.0. The summed E-state index contributed by atoms with van der Waals surface area (Å²) in [5, 5.41) is 4.09. The summed E-state index contributed by atoms with van der Waals surface area (Å²) in [4.78, 5) is 11.6. The predicted molar refractivity (Wildman–Crippen MR) is 76.4 cm³/mol. The molecular weight excluding hydrogens is 278 g/mol. The van der Waals surface area contributed by atoms with Crippen molar-refractivity contribution in [3.63, 3.8) is 0 Å². The van der Waals surface area contributed by atoms with Gasteiger partial charge in [0, 0.05) is 18.3 Å². The van der Waals surface area contributed by atoms with E-state index >= 15 is 0 Å². The number of hydrogen-bond acceptors (Lipinski definition) is 1. The van der Waals surface area contributed by atoms with Crippen molar-refractivity contribution < 1.29 is 4.79 Å². The fourth-order valence-electron chi connectivity index (χ4n) is 2.57. The molecule has 1 fully saturated rings. The largest absolute Gasteiger partial charge is 0.356 e. The van der Waals surface area contributed by atoms with Crippen LogP contribution in [0.4, 0.5) is 0 Å². The zero-order valence-electron chi connectivity index (χ0n) is 11.0. The van der Waals surface area contributed by atoms with Crippen molar-refractivity contribution in [2.45, 2.75) is 58.3 Å². The van der Waals surface area contributed by atoms with Crippen LogP contribution in [-0.2, 0) is 4.79 Å². The summed E-state index contributed by atoms with van der Waals surface area (Å²) in [6.45, 7) is 3.19. The van der Waals surface area contributed by atoms with Crippen LogP contribution in [0.25, 0.3) is 0 Å². The molecule has 0 aromatic heterocycles.